The van der Waals surface area contributed by atoms with E-state index < -0.39 is 0 Å². The monoisotopic (exact) mass is 199 g/mol. The van der Waals surface area contributed by atoms with E-state index >= 15 is 0 Å². The summed E-state index contributed by atoms with van der Waals surface area (Å²) in [7, 11) is 3.99. The molecule has 0 radical (unpaired) electrons. The Morgan fingerprint density at radius 3 is 2.64 bits per heavy atom. The molecule has 0 aliphatic carbocycles. The summed E-state index contributed by atoms with van der Waals surface area (Å²) in [5, 5.41) is 6.04. The van der Waals surface area contributed by atoms with Crippen LogP contribution in [0.3, 0.4) is 0 Å². The third-order valence-corrected chi connectivity index (χ3v) is 2.69. The van der Waals surface area contributed by atoms with Crippen LogP contribution >= 0.6 is 0 Å². The average Bonchev–Trinajstić information content (AvgIpc) is 2.18. The third kappa shape index (κ3) is 4.07. The number of nitrogens with zero attached hydrogens (tertiary/aromatic N) is 1. The van der Waals surface area contributed by atoms with E-state index in [0.29, 0.717) is 12.5 Å². The topological polar surface area (TPSA) is 44.4 Å². The lowest BCUT2D eigenvalue weighted by molar-refractivity contribution is -0.122. The van der Waals surface area contributed by atoms with Gasteiger partial charge in [0.2, 0.25) is 5.91 Å². The summed E-state index contributed by atoms with van der Waals surface area (Å²) in [4.78, 5) is 13.7. The SMILES string of the molecule is CNCCC(=O)NC1CCN(C)CC1. The molecule has 0 saturated carbocycles. The summed E-state index contributed by atoms with van der Waals surface area (Å²) in [6.07, 6.45) is 2.76. The third-order valence-electron chi connectivity index (χ3n) is 2.69. The first-order chi connectivity index (χ1) is 6.72. The molecule has 0 aromatic carbocycles. The zero-order chi connectivity index (χ0) is 10.4. The lowest BCUT2D eigenvalue weighted by atomic mass is 10.1. The van der Waals surface area contributed by atoms with Crippen LogP contribution in [0.15, 0.2) is 0 Å². The molecule has 2 N–H and O–H groups in total. The Balaban J connectivity index is 2.14. The number of amides is 1. The zero-order valence-corrected chi connectivity index (χ0v) is 9.18. The minimum Gasteiger partial charge on any atom is -0.353 e. The molecule has 82 valence electrons. The van der Waals surface area contributed by atoms with Crippen LogP contribution in [0.25, 0.3) is 0 Å². The van der Waals surface area contributed by atoms with Crippen LogP contribution < -0.4 is 10.6 Å². The zero-order valence-electron chi connectivity index (χ0n) is 9.18. The Labute approximate surface area is 86.0 Å². The van der Waals surface area contributed by atoms with Crippen molar-refractivity contribution in [3.05, 3.63) is 0 Å². The molecule has 14 heavy (non-hydrogen) atoms. The van der Waals surface area contributed by atoms with Crippen molar-refractivity contribution in [3.8, 4) is 0 Å². The fraction of sp³-hybridized carbons (Fsp3) is 0.900. The number of rotatable bonds is 4. The van der Waals surface area contributed by atoms with Crippen LogP contribution in [-0.2, 0) is 4.79 Å². The molecular weight excluding hydrogens is 178 g/mol. The summed E-state index contributed by atoms with van der Waals surface area (Å²) in [5.74, 6) is 0.175. The lowest BCUT2D eigenvalue weighted by Gasteiger charge is -2.29. The molecule has 4 nitrogen and oxygen atoms in total. The minimum atomic E-state index is 0.175. The van der Waals surface area contributed by atoms with E-state index in [1.165, 1.54) is 0 Å². The first kappa shape index (κ1) is 11.5. The Bertz CT molecular complexity index is 176. The molecule has 0 atom stereocenters. The standard InChI is InChI=1S/C10H21N3O/c1-11-6-3-10(14)12-9-4-7-13(2)8-5-9/h9,11H,3-8H2,1-2H3,(H,12,14). The van der Waals surface area contributed by atoms with E-state index in [0.717, 1.165) is 32.5 Å². The van der Waals surface area contributed by atoms with Gasteiger partial charge in [-0.05, 0) is 40.0 Å². The molecule has 0 aromatic heterocycles. The van der Waals surface area contributed by atoms with E-state index in [-0.39, 0.29) is 5.91 Å². The first-order valence-corrected chi connectivity index (χ1v) is 5.35. The minimum absolute atomic E-state index is 0.175. The molecule has 0 aromatic rings. The Hall–Kier alpha value is -0.610. The number of carbonyl (C=O) groups is 1. The second-order valence-electron chi connectivity index (χ2n) is 4.00. The van der Waals surface area contributed by atoms with Crippen molar-refractivity contribution in [2.75, 3.05) is 33.7 Å². The number of hydrogen-bond acceptors (Lipinski definition) is 3. The van der Waals surface area contributed by atoms with Crippen molar-refractivity contribution in [3.63, 3.8) is 0 Å². The summed E-state index contributed by atoms with van der Waals surface area (Å²) in [5.41, 5.74) is 0. The second-order valence-corrected chi connectivity index (χ2v) is 4.00. The largest absolute Gasteiger partial charge is 0.353 e. The van der Waals surface area contributed by atoms with Gasteiger partial charge in [0.1, 0.15) is 0 Å². The number of carbonyl (C=O) groups excluding carboxylic acids is 1. The van der Waals surface area contributed by atoms with Crippen LogP contribution in [0.4, 0.5) is 0 Å². The van der Waals surface area contributed by atoms with Gasteiger partial charge < -0.3 is 15.5 Å². The van der Waals surface area contributed by atoms with Gasteiger partial charge in [-0.15, -0.1) is 0 Å². The highest BCUT2D eigenvalue weighted by Gasteiger charge is 2.17. The lowest BCUT2D eigenvalue weighted by Crippen LogP contribution is -2.43. The van der Waals surface area contributed by atoms with Gasteiger partial charge in [0.25, 0.3) is 0 Å². The van der Waals surface area contributed by atoms with Gasteiger partial charge in [-0.25, -0.2) is 0 Å². The van der Waals surface area contributed by atoms with E-state index in [4.69, 9.17) is 0 Å². The highest BCUT2D eigenvalue weighted by Crippen LogP contribution is 2.07. The highest BCUT2D eigenvalue weighted by atomic mass is 16.1. The maximum absolute atomic E-state index is 11.4. The Morgan fingerprint density at radius 2 is 2.07 bits per heavy atom. The smallest absolute Gasteiger partial charge is 0.221 e. The van der Waals surface area contributed by atoms with Crippen LogP contribution in [0.1, 0.15) is 19.3 Å². The molecule has 1 saturated heterocycles. The van der Waals surface area contributed by atoms with Crippen molar-refractivity contribution in [2.45, 2.75) is 25.3 Å². The molecule has 1 fully saturated rings. The van der Waals surface area contributed by atoms with Crippen molar-refractivity contribution >= 4 is 5.91 Å². The molecule has 0 spiro atoms. The summed E-state index contributed by atoms with van der Waals surface area (Å²) < 4.78 is 0. The number of nitrogens with one attached hydrogen (secondary N) is 2. The van der Waals surface area contributed by atoms with Gasteiger partial charge in [0, 0.05) is 19.0 Å². The molecule has 1 heterocycles. The van der Waals surface area contributed by atoms with Gasteiger partial charge in [0.15, 0.2) is 0 Å². The van der Waals surface area contributed by atoms with Crippen LogP contribution in [0.5, 0.6) is 0 Å². The summed E-state index contributed by atoms with van der Waals surface area (Å²) in [6, 6.07) is 0.399. The fourth-order valence-corrected chi connectivity index (χ4v) is 1.69. The predicted octanol–water partition coefficient (Wildman–Crippen LogP) is -0.194. The quantitative estimate of drug-likeness (QED) is 0.659. The number of piperidine rings is 1. The van der Waals surface area contributed by atoms with E-state index in [1.807, 2.05) is 7.05 Å². The summed E-state index contributed by atoms with van der Waals surface area (Å²) in [6.45, 7) is 2.95. The van der Waals surface area contributed by atoms with E-state index in [1.54, 1.807) is 0 Å². The normalized spacial score (nSPS) is 19.6. The second kappa shape index (κ2) is 5.98. The van der Waals surface area contributed by atoms with E-state index in [2.05, 4.69) is 22.6 Å². The van der Waals surface area contributed by atoms with Gasteiger partial charge >= 0.3 is 0 Å². The first-order valence-electron chi connectivity index (χ1n) is 5.35. The molecule has 0 unspecified atom stereocenters. The Morgan fingerprint density at radius 1 is 1.43 bits per heavy atom. The van der Waals surface area contributed by atoms with Crippen LogP contribution in [0, 0.1) is 0 Å². The van der Waals surface area contributed by atoms with Crippen molar-refractivity contribution in [2.24, 2.45) is 0 Å². The molecule has 1 amide bonds. The molecule has 0 bridgehead atoms. The molecule has 1 aliphatic rings. The predicted molar refractivity (Wildman–Crippen MR) is 57.2 cm³/mol. The molecular formula is C10H21N3O. The van der Waals surface area contributed by atoms with Crippen molar-refractivity contribution in [1.29, 1.82) is 0 Å². The van der Waals surface area contributed by atoms with Gasteiger partial charge in [-0.3, -0.25) is 4.79 Å². The van der Waals surface area contributed by atoms with Crippen LogP contribution in [0.2, 0.25) is 0 Å². The average molecular weight is 199 g/mol. The highest BCUT2D eigenvalue weighted by molar-refractivity contribution is 5.76. The molecule has 1 rings (SSSR count). The maximum atomic E-state index is 11.4. The van der Waals surface area contributed by atoms with E-state index in [9.17, 15) is 4.79 Å². The van der Waals surface area contributed by atoms with Gasteiger partial charge in [-0.1, -0.05) is 0 Å². The van der Waals surface area contributed by atoms with Crippen molar-refractivity contribution < 1.29 is 4.79 Å². The molecule has 1 aliphatic heterocycles. The number of likely N-dealkylation sites (tertiary alicyclic amines) is 1. The number of hydrogen-bond donors (Lipinski definition) is 2. The van der Waals surface area contributed by atoms with Gasteiger partial charge in [-0.2, -0.15) is 0 Å². The summed E-state index contributed by atoms with van der Waals surface area (Å²) >= 11 is 0. The van der Waals surface area contributed by atoms with Crippen LogP contribution in [-0.4, -0.2) is 50.6 Å². The van der Waals surface area contributed by atoms with Crippen molar-refractivity contribution in [1.82, 2.24) is 15.5 Å². The van der Waals surface area contributed by atoms with Gasteiger partial charge in [0.05, 0.1) is 0 Å². The molecule has 4 heteroatoms. The fourth-order valence-electron chi connectivity index (χ4n) is 1.69. The maximum Gasteiger partial charge on any atom is 0.221 e. The Kier molecular flexibility index (Phi) is 4.90.